The van der Waals surface area contributed by atoms with Gasteiger partial charge in [0, 0.05) is 32.3 Å². The van der Waals surface area contributed by atoms with Crippen LogP contribution in [0.2, 0.25) is 0 Å². The molecule has 0 saturated heterocycles. The summed E-state index contributed by atoms with van der Waals surface area (Å²) in [5.74, 6) is 0.906. The average molecular weight is 435 g/mol. The molecular weight excluding hydrogens is 418 g/mol. The van der Waals surface area contributed by atoms with Gasteiger partial charge in [-0.1, -0.05) is 6.07 Å². The molecular formula is C19H17N9O4. The van der Waals surface area contributed by atoms with Crippen molar-refractivity contribution >= 4 is 34.5 Å². The zero-order chi connectivity index (χ0) is 23.1. The molecule has 0 aliphatic heterocycles. The molecule has 0 spiro atoms. The van der Waals surface area contributed by atoms with Gasteiger partial charge in [0.2, 0.25) is 5.84 Å². The number of nitrogens with one attached hydrogen (secondary N) is 1. The first kappa shape index (κ1) is 21.9. The lowest BCUT2D eigenvalue weighted by Crippen LogP contribution is -2.13. The largest absolute Gasteiger partial charge is 0.363 e. The SMILES string of the molecule is CN(C)c1cccc(C(N=Nc2ccc([N+](=O)[O-])cn2)=NNc2ccc([N+](=O)[O-])cc2)n1. The van der Waals surface area contributed by atoms with Gasteiger partial charge >= 0.3 is 0 Å². The topological polar surface area (TPSA) is 164 Å². The Kier molecular flexibility index (Phi) is 6.70. The number of aromatic nitrogens is 2. The summed E-state index contributed by atoms with van der Waals surface area (Å²) in [5.41, 5.74) is 3.43. The van der Waals surface area contributed by atoms with Crippen LogP contribution in [0.25, 0.3) is 0 Å². The van der Waals surface area contributed by atoms with Crippen molar-refractivity contribution in [2.45, 2.75) is 0 Å². The van der Waals surface area contributed by atoms with Crippen LogP contribution in [0.3, 0.4) is 0 Å². The standard InChI is InChI=1S/C19H17N9O4/c1-26(2)18-5-3-4-16(21-18)19(24-22-13-6-8-14(9-7-13)27(29)30)25-23-17-11-10-15(12-20-17)28(31)32/h3-12,22H,1-2H3. The lowest BCUT2D eigenvalue weighted by Gasteiger charge is -2.11. The maximum atomic E-state index is 10.8. The number of pyridine rings is 2. The molecule has 0 aliphatic carbocycles. The van der Waals surface area contributed by atoms with Crippen molar-refractivity contribution in [3.63, 3.8) is 0 Å². The monoisotopic (exact) mass is 435 g/mol. The number of non-ortho nitro benzene ring substituents is 1. The lowest BCUT2D eigenvalue weighted by atomic mass is 10.3. The molecule has 0 atom stereocenters. The second-order valence-corrected chi connectivity index (χ2v) is 6.46. The van der Waals surface area contributed by atoms with E-state index in [4.69, 9.17) is 0 Å². The number of hydrogen-bond donors (Lipinski definition) is 1. The number of hydrogen-bond acceptors (Lipinski definition) is 10. The van der Waals surface area contributed by atoms with Crippen molar-refractivity contribution in [2.75, 3.05) is 24.4 Å². The quantitative estimate of drug-likeness (QED) is 0.192. The van der Waals surface area contributed by atoms with Gasteiger partial charge in [-0.15, -0.1) is 10.2 Å². The van der Waals surface area contributed by atoms with Crippen LogP contribution in [0.5, 0.6) is 0 Å². The first-order valence-electron chi connectivity index (χ1n) is 9.08. The van der Waals surface area contributed by atoms with Crippen molar-refractivity contribution in [3.8, 4) is 0 Å². The molecule has 2 aromatic heterocycles. The number of nitro groups is 2. The Labute approximate surface area is 181 Å². The van der Waals surface area contributed by atoms with E-state index in [2.05, 4.69) is 30.7 Å². The summed E-state index contributed by atoms with van der Waals surface area (Å²) in [5, 5.41) is 33.9. The van der Waals surface area contributed by atoms with E-state index in [-0.39, 0.29) is 23.0 Å². The summed E-state index contributed by atoms with van der Waals surface area (Å²) in [4.78, 5) is 30.7. The van der Waals surface area contributed by atoms with E-state index in [1.165, 1.54) is 36.4 Å². The van der Waals surface area contributed by atoms with E-state index in [0.29, 0.717) is 17.2 Å². The van der Waals surface area contributed by atoms with Gasteiger partial charge in [-0.3, -0.25) is 25.7 Å². The number of nitro benzene ring substituents is 1. The lowest BCUT2D eigenvalue weighted by molar-refractivity contribution is -0.385. The second kappa shape index (κ2) is 9.80. The Morgan fingerprint density at radius 2 is 1.66 bits per heavy atom. The fourth-order valence-electron chi connectivity index (χ4n) is 2.35. The number of anilines is 2. The van der Waals surface area contributed by atoms with Crippen LogP contribution < -0.4 is 10.3 Å². The Balaban J connectivity index is 1.91. The molecule has 1 N–H and O–H groups in total. The number of azo groups is 1. The highest BCUT2D eigenvalue weighted by atomic mass is 16.6. The highest BCUT2D eigenvalue weighted by Gasteiger charge is 2.10. The minimum absolute atomic E-state index is 0.0518. The predicted octanol–water partition coefficient (Wildman–Crippen LogP) is 3.92. The molecule has 0 saturated carbocycles. The van der Waals surface area contributed by atoms with Crippen LogP contribution in [-0.4, -0.2) is 39.7 Å². The molecule has 0 aliphatic rings. The van der Waals surface area contributed by atoms with Crippen molar-refractivity contribution in [2.24, 2.45) is 15.3 Å². The molecule has 32 heavy (non-hydrogen) atoms. The summed E-state index contributed by atoms with van der Waals surface area (Å²) in [6, 6.07) is 13.6. The van der Waals surface area contributed by atoms with Crippen LogP contribution in [0, 0.1) is 20.2 Å². The number of benzene rings is 1. The van der Waals surface area contributed by atoms with Crippen LogP contribution in [0.4, 0.5) is 28.7 Å². The predicted molar refractivity (Wildman–Crippen MR) is 117 cm³/mol. The van der Waals surface area contributed by atoms with E-state index in [0.717, 1.165) is 6.20 Å². The zero-order valence-electron chi connectivity index (χ0n) is 17.0. The van der Waals surface area contributed by atoms with Gasteiger partial charge in [-0.25, -0.2) is 9.97 Å². The number of nitrogens with zero attached hydrogens (tertiary/aromatic N) is 8. The van der Waals surface area contributed by atoms with Gasteiger partial charge in [-0.05, 0) is 30.3 Å². The van der Waals surface area contributed by atoms with E-state index < -0.39 is 9.85 Å². The van der Waals surface area contributed by atoms with E-state index >= 15 is 0 Å². The molecule has 2 heterocycles. The molecule has 162 valence electrons. The number of hydrazone groups is 1. The summed E-state index contributed by atoms with van der Waals surface area (Å²) in [6.45, 7) is 0. The molecule has 3 aromatic rings. The number of rotatable bonds is 7. The van der Waals surface area contributed by atoms with Gasteiger partial charge in [0.25, 0.3) is 11.4 Å². The fourth-order valence-corrected chi connectivity index (χ4v) is 2.35. The minimum atomic E-state index is -0.564. The van der Waals surface area contributed by atoms with Crippen LogP contribution in [0.1, 0.15) is 5.69 Å². The summed E-state index contributed by atoms with van der Waals surface area (Å²) in [7, 11) is 3.67. The first-order chi connectivity index (χ1) is 15.3. The Bertz CT molecular complexity index is 1180. The second-order valence-electron chi connectivity index (χ2n) is 6.46. The van der Waals surface area contributed by atoms with Gasteiger partial charge in [0.1, 0.15) is 17.7 Å². The van der Waals surface area contributed by atoms with Crippen molar-refractivity contribution in [3.05, 3.63) is 86.7 Å². The molecule has 1 aromatic carbocycles. The maximum absolute atomic E-state index is 10.8. The maximum Gasteiger partial charge on any atom is 0.287 e. The molecule has 0 fully saturated rings. The summed E-state index contributed by atoms with van der Waals surface area (Å²) >= 11 is 0. The molecule has 3 rings (SSSR count). The molecule has 13 heteroatoms. The third-order valence-electron chi connectivity index (χ3n) is 3.98. The zero-order valence-corrected chi connectivity index (χ0v) is 17.0. The summed E-state index contributed by atoms with van der Waals surface area (Å²) in [6.07, 6.45) is 1.07. The third kappa shape index (κ3) is 5.63. The van der Waals surface area contributed by atoms with E-state index in [1.54, 1.807) is 23.1 Å². The molecule has 13 nitrogen and oxygen atoms in total. The van der Waals surface area contributed by atoms with Gasteiger partial charge in [-0.2, -0.15) is 5.10 Å². The van der Waals surface area contributed by atoms with E-state index in [1.807, 2.05) is 14.1 Å². The first-order valence-corrected chi connectivity index (χ1v) is 9.08. The summed E-state index contributed by atoms with van der Waals surface area (Å²) < 4.78 is 0. The van der Waals surface area contributed by atoms with Gasteiger partial charge < -0.3 is 4.90 Å². The molecule has 0 bridgehead atoms. The normalized spacial score (nSPS) is 11.4. The Hall–Kier alpha value is -4.81. The fraction of sp³-hybridized carbons (Fsp3) is 0.105. The van der Waals surface area contributed by atoms with Crippen LogP contribution >= 0.6 is 0 Å². The Morgan fingerprint density at radius 3 is 2.25 bits per heavy atom. The van der Waals surface area contributed by atoms with Crippen LogP contribution in [0.15, 0.2) is 76.1 Å². The highest BCUT2D eigenvalue weighted by molar-refractivity contribution is 5.98. The van der Waals surface area contributed by atoms with Crippen LogP contribution in [-0.2, 0) is 0 Å². The highest BCUT2D eigenvalue weighted by Crippen LogP contribution is 2.18. The van der Waals surface area contributed by atoms with Crippen molar-refractivity contribution in [1.82, 2.24) is 9.97 Å². The third-order valence-corrected chi connectivity index (χ3v) is 3.98. The van der Waals surface area contributed by atoms with E-state index in [9.17, 15) is 20.2 Å². The molecule has 0 amide bonds. The minimum Gasteiger partial charge on any atom is -0.363 e. The van der Waals surface area contributed by atoms with Gasteiger partial charge in [0.05, 0.1) is 15.5 Å². The van der Waals surface area contributed by atoms with Crippen molar-refractivity contribution < 1.29 is 9.85 Å². The Morgan fingerprint density at radius 1 is 0.969 bits per heavy atom. The van der Waals surface area contributed by atoms with Gasteiger partial charge in [0.15, 0.2) is 5.82 Å². The smallest absolute Gasteiger partial charge is 0.287 e. The molecule has 0 unspecified atom stereocenters. The number of amidine groups is 1. The molecule has 0 radical (unpaired) electrons. The average Bonchev–Trinajstić information content (AvgIpc) is 2.79. The van der Waals surface area contributed by atoms with Crippen molar-refractivity contribution in [1.29, 1.82) is 0 Å².